The van der Waals surface area contributed by atoms with Gasteiger partial charge in [0.05, 0.1) is 10.5 Å². The van der Waals surface area contributed by atoms with Crippen LogP contribution in [0.3, 0.4) is 0 Å². The van der Waals surface area contributed by atoms with Crippen molar-refractivity contribution in [2.24, 2.45) is 0 Å². The number of amides is 1. The number of hydrogen-bond donors (Lipinski definition) is 2. The molecule has 0 saturated heterocycles. The Balaban J connectivity index is 1.75. The summed E-state index contributed by atoms with van der Waals surface area (Å²) in [5.74, 6) is -0.463. The summed E-state index contributed by atoms with van der Waals surface area (Å²) in [6.07, 6.45) is 1.09. The average Bonchev–Trinajstić information content (AvgIpc) is 2.63. The number of carbonyl (C=O) groups is 1. The SMILES string of the molecule is CS(=O)(=O)c1ccccc1C(=O)Nc1ccc(Nc2ccccc2)cc1. The zero-order valence-corrected chi connectivity index (χ0v) is 15.0. The Morgan fingerprint density at radius 3 is 1.92 bits per heavy atom. The minimum atomic E-state index is -3.48. The lowest BCUT2D eigenvalue weighted by Gasteiger charge is -2.10. The molecule has 3 rings (SSSR count). The zero-order chi connectivity index (χ0) is 18.6. The Labute approximate surface area is 152 Å². The van der Waals surface area contributed by atoms with Gasteiger partial charge in [0.25, 0.3) is 5.91 Å². The highest BCUT2D eigenvalue weighted by Crippen LogP contribution is 2.20. The van der Waals surface area contributed by atoms with Crippen molar-refractivity contribution in [2.45, 2.75) is 4.90 Å². The van der Waals surface area contributed by atoms with E-state index in [0.29, 0.717) is 5.69 Å². The highest BCUT2D eigenvalue weighted by Gasteiger charge is 2.18. The molecule has 6 heteroatoms. The maximum absolute atomic E-state index is 12.5. The van der Waals surface area contributed by atoms with Crippen molar-refractivity contribution in [3.05, 3.63) is 84.4 Å². The lowest BCUT2D eigenvalue weighted by atomic mass is 10.2. The lowest BCUT2D eigenvalue weighted by molar-refractivity contribution is 0.102. The van der Waals surface area contributed by atoms with Crippen LogP contribution in [0.1, 0.15) is 10.4 Å². The largest absolute Gasteiger partial charge is 0.356 e. The van der Waals surface area contributed by atoms with Gasteiger partial charge < -0.3 is 10.6 Å². The summed E-state index contributed by atoms with van der Waals surface area (Å²) in [5, 5.41) is 5.98. The predicted molar refractivity (Wildman–Crippen MR) is 104 cm³/mol. The Bertz CT molecular complexity index is 1010. The molecule has 2 N–H and O–H groups in total. The van der Waals surface area contributed by atoms with Gasteiger partial charge in [-0.05, 0) is 48.5 Å². The lowest BCUT2D eigenvalue weighted by Crippen LogP contribution is -2.16. The number of benzene rings is 3. The molecule has 0 aliphatic rings. The highest BCUT2D eigenvalue weighted by atomic mass is 32.2. The number of hydrogen-bond acceptors (Lipinski definition) is 4. The molecule has 0 aliphatic carbocycles. The molecule has 132 valence electrons. The van der Waals surface area contributed by atoms with E-state index in [1.165, 1.54) is 12.1 Å². The molecule has 0 bridgehead atoms. The molecule has 0 aliphatic heterocycles. The fraction of sp³-hybridized carbons (Fsp3) is 0.0500. The Kier molecular flexibility index (Phi) is 5.04. The molecule has 3 aromatic carbocycles. The van der Waals surface area contributed by atoms with Crippen molar-refractivity contribution < 1.29 is 13.2 Å². The maximum atomic E-state index is 12.5. The summed E-state index contributed by atoms with van der Waals surface area (Å²) in [5.41, 5.74) is 2.55. The van der Waals surface area contributed by atoms with Gasteiger partial charge in [0.2, 0.25) is 0 Å². The third-order valence-electron chi connectivity index (χ3n) is 3.74. The van der Waals surface area contributed by atoms with Gasteiger partial charge in [-0.1, -0.05) is 30.3 Å². The third kappa shape index (κ3) is 4.29. The molecule has 3 aromatic rings. The van der Waals surface area contributed by atoms with Gasteiger partial charge in [0.1, 0.15) is 0 Å². The van der Waals surface area contributed by atoms with Gasteiger partial charge in [-0.25, -0.2) is 8.42 Å². The summed E-state index contributed by atoms with van der Waals surface area (Å²) < 4.78 is 23.7. The van der Waals surface area contributed by atoms with Gasteiger partial charge in [-0.3, -0.25) is 4.79 Å². The van der Waals surface area contributed by atoms with Crippen LogP contribution < -0.4 is 10.6 Å². The van der Waals surface area contributed by atoms with Crippen LogP contribution in [0.4, 0.5) is 17.1 Å². The first-order chi connectivity index (χ1) is 12.4. The fourth-order valence-electron chi connectivity index (χ4n) is 2.50. The van der Waals surface area contributed by atoms with Crippen molar-refractivity contribution >= 4 is 32.8 Å². The van der Waals surface area contributed by atoms with Crippen LogP contribution in [0.15, 0.2) is 83.8 Å². The number of para-hydroxylation sites is 1. The molecule has 0 unspecified atom stereocenters. The number of anilines is 3. The second-order valence-corrected chi connectivity index (χ2v) is 7.77. The summed E-state index contributed by atoms with van der Waals surface area (Å²) in [7, 11) is -3.48. The Morgan fingerprint density at radius 1 is 0.731 bits per heavy atom. The van der Waals surface area contributed by atoms with E-state index in [2.05, 4.69) is 10.6 Å². The molecule has 5 nitrogen and oxygen atoms in total. The fourth-order valence-corrected chi connectivity index (χ4v) is 3.39. The number of carbonyl (C=O) groups excluding carboxylic acids is 1. The van der Waals surface area contributed by atoms with Crippen molar-refractivity contribution in [2.75, 3.05) is 16.9 Å². The molecular formula is C20H18N2O3S. The summed E-state index contributed by atoms with van der Waals surface area (Å²) in [6, 6.07) is 23.1. The van der Waals surface area contributed by atoms with E-state index in [1.54, 1.807) is 24.3 Å². The molecule has 0 fully saturated rings. The zero-order valence-electron chi connectivity index (χ0n) is 14.1. The van der Waals surface area contributed by atoms with Crippen molar-refractivity contribution in [3.63, 3.8) is 0 Å². The molecule has 0 aromatic heterocycles. The van der Waals surface area contributed by atoms with Crippen LogP contribution >= 0.6 is 0 Å². The van der Waals surface area contributed by atoms with Gasteiger partial charge in [0, 0.05) is 23.3 Å². The smallest absolute Gasteiger partial charge is 0.256 e. The molecule has 0 spiro atoms. The first-order valence-electron chi connectivity index (χ1n) is 7.96. The number of rotatable bonds is 5. The van der Waals surface area contributed by atoms with Crippen LogP contribution in [0.2, 0.25) is 0 Å². The first kappa shape index (κ1) is 17.7. The monoisotopic (exact) mass is 366 g/mol. The molecule has 0 heterocycles. The first-order valence-corrected chi connectivity index (χ1v) is 9.85. The summed E-state index contributed by atoms with van der Waals surface area (Å²) in [6.45, 7) is 0. The van der Waals surface area contributed by atoms with E-state index in [0.717, 1.165) is 17.6 Å². The minimum absolute atomic E-state index is 0.0138. The van der Waals surface area contributed by atoms with Crippen molar-refractivity contribution in [1.29, 1.82) is 0 Å². The van der Waals surface area contributed by atoms with E-state index in [1.807, 2.05) is 42.5 Å². The highest BCUT2D eigenvalue weighted by molar-refractivity contribution is 7.90. The third-order valence-corrected chi connectivity index (χ3v) is 4.89. The van der Waals surface area contributed by atoms with Crippen LogP contribution in [0, 0.1) is 0 Å². The normalized spacial score (nSPS) is 11.0. The van der Waals surface area contributed by atoms with E-state index in [9.17, 15) is 13.2 Å². The topological polar surface area (TPSA) is 75.3 Å². The molecule has 0 radical (unpaired) electrons. The minimum Gasteiger partial charge on any atom is -0.356 e. The molecule has 26 heavy (non-hydrogen) atoms. The summed E-state index contributed by atoms with van der Waals surface area (Å²) >= 11 is 0. The van der Waals surface area contributed by atoms with E-state index >= 15 is 0 Å². The number of sulfone groups is 1. The van der Waals surface area contributed by atoms with Crippen LogP contribution in [0.25, 0.3) is 0 Å². The molecule has 1 amide bonds. The second-order valence-electron chi connectivity index (χ2n) is 5.79. The van der Waals surface area contributed by atoms with Crippen molar-refractivity contribution in [1.82, 2.24) is 0 Å². The predicted octanol–water partition coefficient (Wildman–Crippen LogP) is 4.09. The molecule has 0 atom stereocenters. The van der Waals surface area contributed by atoms with Crippen LogP contribution in [-0.2, 0) is 9.84 Å². The van der Waals surface area contributed by atoms with Gasteiger partial charge in [0.15, 0.2) is 9.84 Å². The van der Waals surface area contributed by atoms with E-state index in [4.69, 9.17) is 0 Å². The van der Waals surface area contributed by atoms with Gasteiger partial charge >= 0.3 is 0 Å². The van der Waals surface area contributed by atoms with E-state index < -0.39 is 15.7 Å². The molecule has 0 saturated carbocycles. The van der Waals surface area contributed by atoms with Gasteiger partial charge in [-0.2, -0.15) is 0 Å². The second kappa shape index (κ2) is 7.41. The Hall–Kier alpha value is -3.12. The average molecular weight is 366 g/mol. The van der Waals surface area contributed by atoms with Gasteiger partial charge in [-0.15, -0.1) is 0 Å². The van der Waals surface area contributed by atoms with Crippen molar-refractivity contribution in [3.8, 4) is 0 Å². The number of nitrogens with one attached hydrogen (secondary N) is 2. The maximum Gasteiger partial charge on any atom is 0.256 e. The Morgan fingerprint density at radius 2 is 1.27 bits per heavy atom. The quantitative estimate of drug-likeness (QED) is 0.713. The molecular weight excluding hydrogens is 348 g/mol. The van der Waals surface area contributed by atoms with Crippen LogP contribution in [-0.4, -0.2) is 20.6 Å². The summed E-state index contributed by atoms with van der Waals surface area (Å²) in [4.78, 5) is 12.5. The van der Waals surface area contributed by atoms with Crippen LogP contribution in [0.5, 0.6) is 0 Å². The van der Waals surface area contributed by atoms with E-state index in [-0.39, 0.29) is 10.5 Å². The standard InChI is InChI=1S/C20H18N2O3S/c1-26(24,25)19-10-6-5-9-18(19)20(23)22-17-13-11-16(12-14-17)21-15-7-3-2-4-8-15/h2-14,21H,1H3,(H,22,23).